The summed E-state index contributed by atoms with van der Waals surface area (Å²) in [5.74, 6) is -0.313. The van der Waals surface area contributed by atoms with E-state index in [1.54, 1.807) is 18.0 Å². The van der Waals surface area contributed by atoms with Gasteiger partial charge in [0.25, 0.3) is 0 Å². The highest BCUT2D eigenvalue weighted by Gasteiger charge is 2.16. The van der Waals surface area contributed by atoms with Crippen LogP contribution in [0.3, 0.4) is 0 Å². The average Bonchev–Trinajstić information content (AvgIpc) is 2.58. The van der Waals surface area contributed by atoms with Gasteiger partial charge in [-0.3, -0.25) is 14.5 Å². The number of amides is 2. The van der Waals surface area contributed by atoms with Gasteiger partial charge < -0.3 is 10.6 Å². The lowest BCUT2D eigenvalue weighted by atomic mass is 10.1. The number of halogens is 1. The highest BCUT2D eigenvalue weighted by Crippen LogP contribution is 2.22. The Bertz CT molecular complexity index is 803. The first-order chi connectivity index (χ1) is 12.8. The Labute approximate surface area is 165 Å². The molecule has 144 valence electrons. The summed E-state index contributed by atoms with van der Waals surface area (Å²) in [4.78, 5) is 26.2. The maximum absolute atomic E-state index is 12.3. The Morgan fingerprint density at radius 2 is 1.59 bits per heavy atom. The Balaban J connectivity index is 1.86. The Morgan fingerprint density at radius 3 is 2.22 bits per heavy atom. The lowest BCUT2D eigenvalue weighted by Crippen LogP contribution is -2.39. The van der Waals surface area contributed by atoms with Crippen LogP contribution in [0.1, 0.15) is 29.7 Å². The van der Waals surface area contributed by atoms with E-state index in [0.29, 0.717) is 5.02 Å². The number of likely N-dealkylation sites (N-methyl/N-ethyl adjacent to an activating group) is 1. The molecule has 2 aromatic rings. The number of carbonyl (C=O) groups is 2. The van der Waals surface area contributed by atoms with Crippen LogP contribution < -0.4 is 10.6 Å². The molecule has 0 fully saturated rings. The third-order valence-electron chi connectivity index (χ3n) is 4.32. The minimum Gasteiger partial charge on any atom is -0.348 e. The molecule has 0 saturated carbocycles. The van der Waals surface area contributed by atoms with Gasteiger partial charge in [-0.1, -0.05) is 48.0 Å². The molecule has 5 nitrogen and oxygen atoms in total. The topological polar surface area (TPSA) is 61.4 Å². The molecule has 1 unspecified atom stereocenters. The number of carbonyl (C=O) groups excluding carboxylic acids is 2. The summed E-state index contributed by atoms with van der Waals surface area (Å²) in [6, 6.07) is 13.1. The van der Waals surface area contributed by atoms with Gasteiger partial charge in [-0.2, -0.15) is 0 Å². The molecule has 2 N–H and O–H groups in total. The van der Waals surface area contributed by atoms with Gasteiger partial charge in [0.15, 0.2) is 0 Å². The molecule has 0 aromatic heterocycles. The van der Waals surface area contributed by atoms with Gasteiger partial charge in [0.2, 0.25) is 11.8 Å². The standard InChI is InChI=1S/C21H26ClN3O2/c1-14-8-7-9-15(2)21(14)24-20(27)13-25(4)12-19(26)23-16(3)17-10-5-6-11-18(17)22/h5-11,16H,12-13H2,1-4H3,(H,23,26)(H,24,27). The van der Waals surface area contributed by atoms with Gasteiger partial charge in [-0.05, 0) is 50.6 Å². The molecule has 0 bridgehead atoms. The van der Waals surface area contributed by atoms with Crippen molar-refractivity contribution in [3.8, 4) is 0 Å². The molecule has 6 heteroatoms. The van der Waals surface area contributed by atoms with Gasteiger partial charge in [-0.25, -0.2) is 0 Å². The van der Waals surface area contributed by atoms with Gasteiger partial charge in [0, 0.05) is 10.7 Å². The van der Waals surface area contributed by atoms with Crippen LogP contribution in [-0.4, -0.2) is 36.9 Å². The number of hydrogen-bond donors (Lipinski definition) is 2. The van der Waals surface area contributed by atoms with E-state index in [1.165, 1.54) is 0 Å². The molecule has 0 radical (unpaired) electrons. The lowest BCUT2D eigenvalue weighted by Gasteiger charge is -2.20. The fourth-order valence-corrected chi connectivity index (χ4v) is 3.23. The van der Waals surface area contributed by atoms with Crippen molar-refractivity contribution in [2.75, 3.05) is 25.5 Å². The molecule has 0 heterocycles. The minimum atomic E-state index is -0.206. The predicted molar refractivity (Wildman–Crippen MR) is 110 cm³/mol. The molecule has 2 amide bonds. The SMILES string of the molecule is Cc1cccc(C)c1NC(=O)CN(C)CC(=O)NC(C)c1ccccc1Cl. The van der Waals surface area contributed by atoms with E-state index in [-0.39, 0.29) is 30.9 Å². The van der Waals surface area contributed by atoms with Gasteiger partial charge in [0.1, 0.15) is 0 Å². The number of aryl methyl sites for hydroxylation is 2. The molecule has 1 atom stereocenters. The van der Waals surface area contributed by atoms with Gasteiger partial charge in [-0.15, -0.1) is 0 Å². The smallest absolute Gasteiger partial charge is 0.238 e. The van der Waals surface area contributed by atoms with E-state index >= 15 is 0 Å². The van der Waals surface area contributed by atoms with Gasteiger partial charge >= 0.3 is 0 Å². The molecule has 0 aliphatic heterocycles. The van der Waals surface area contributed by atoms with Crippen LogP contribution in [0.2, 0.25) is 5.02 Å². The molecule has 0 saturated heterocycles. The number of benzene rings is 2. The van der Waals surface area contributed by atoms with Crippen LogP contribution in [-0.2, 0) is 9.59 Å². The van der Waals surface area contributed by atoms with E-state index in [2.05, 4.69) is 10.6 Å². The van der Waals surface area contributed by atoms with Crippen molar-refractivity contribution in [3.63, 3.8) is 0 Å². The largest absolute Gasteiger partial charge is 0.348 e. The van der Waals surface area contributed by atoms with E-state index in [1.807, 2.05) is 57.2 Å². The first-order valence-corrected chi connectivity index (χ1v) is 9.24. The Hall–Kier alpha value is -2.37. The zero-order valence-electron chi connectivity index (χ0n) is 16.2. The second-order valence-corrected chi connectivity index (χ2v) is 7.21. The summed E-state index contributed by atoms with van der Waals surface area (Å²) in [7, 11) is 1.74. The number of nitrogens with one attached hydrogen (secondary N) is 2. The zero-order valence-corrected chi connectivity index (χ0v) is 16.9. The number of nitrogens with zero attached hydrogens (tertiary/aromatic N) is 1. The molecule has 2 rings (SSSR count). The van der Waals surface area contributed by atoms with E-state index in [0.717, 1.165) is 22.4 Å². The van der Waals surface area contributed by atoms with Crippen LogP contribution in [0, 0.1) is 13.8 Å². The summed E-state index contributed by atoms with van der Waals surface area (Å²) in [5, 5.41) is 6.46. The predicted octanol–water partition coefficient (Wildman–Crippen LogP) is 3.70. The van der Waals surface area contributed by atoms with Gasteiger partial charge in [0.05, 0.1) is 19.1 Å². The summed E-state index contributed by atoms with van der Waals surface area (Å²) in [6.45, 7) is 6.04. The highest BCUT2D eigenvalue weighted by atomic mass is 35.5. The number of anilines is 1. The van der Waals surface area contributed by atoms with Crippen LogP contribution in [0.5, 0.6) is 0 Å². The molecule has 0 aliphatic carbocycles. The number of rotatable bonds is 7. The van der Waals surface area contributed by atoms with Crippen molar-refractivity contribution in [1.29, 1.82) is 0 Å². The van der Waals surface area contributed by atoms with Crippen LogP contribution >= 0.6 is 11.6 Å². The van der Waals surface area contributed by atoms with Crippen molar-refractivity contribution in [2.45, 2.75) is 26.8 Å². The van der Waals surface area contributed by atoms with E-state index in [9.17, 15) is 9.59 Å². The van der Waals surface area contributed by atoms with Crippen LogP contribution in [0.15, 0.2) is 42.5 Å². The summed E-state index contributed by atoms with van der Waals surface area (Å²) < 4.78 is 0. The molecular weight excluding hydrogens is 362 g/mol. The minimum absolute atomic E-state index is 0.120. The lowest BCUT2D eigenvalue weighted by molar-refractivity contribution is -0.123. The summed E-state index contributed by atoms with van der Waals surface area (Å²) >= 11 is 6.17. The third-order valence-corrected chi connectivity index (χ3v) is 4.67. The number of hydrogen-bond acceptors (Lipinski definition) is 3. The molecule has 27 heavy (non-hydrogen) atoms. The first kappa shape index (κ1) is 20.9. The quantitative estimate of drug-likeness (QED) is 0.761. The maximum atomic E-state index is 12.3. The molecule has 0 aliphatic rings. The normalized spacial score (nSPS) is 11.9. The second-order valence-electron chi connectivity index (χ2n) is 6.80. The molecule has 2 aromatic carbocycles. The third kappa shape index (κ3) is 6.08. The first-order valence-electron chi connectivity index (χ1n) is 8.86. The average molecular weight is 388 g/mol. The van der Waals surface area contributed by atoms with Crippen molar-refractivity contribution < 1.29 is 9.59 Å². The van der Waals surface area contributed by atoms with Crippen molar-refractivity contribution >= 4 is 29.1 Å². The fraction of sp³-hybridized carbons (Fsp3) is 0.333. The zero-order chi connectivity index (χ0) is 20.0. The van der Waals surface area contributed by atoms with E-state index in [4.69, 9.17) is 11.6 Å². The molecule has 0 spiro atoms. The monoisotopic (exact) mass is 387 g/mol. The summed E-state index contributed by atoms with van der Waals surface area (Å²) in [6.07, 6.45) is 0. The van der Waals surface area contributed by atoms with Crippen molar-refractivity contribution in [3.05, 3.63) is 64.2 Å². The van der Waals surface area contributed by atoms with Crippen molar-refractivity contribution in [2.24, 2.45) is 0 Å². The maximum Gasteiger partial charge on any atom is 0.238 e. The Morgan fingerprint density at radius 1 is 1.00 bits per heavy atom. The fourth-order valence-electron chi connectivity index (χ4n) is 2.93. The Kier molecular flexibility index (Phi) is 7.39. The van der Waals surface area contributed by atoms with E-state index < -0.39 is 0 Å². The number of para-hydroxylation sites is 1. The summed E-state index contributed by atoms with van der Waals surface area (Å²) in [5.41, 5.74) is 3.71. The van der Waals surface area contributed by atoms with Crippen molar-refractivity contribution in [1.82, 2.24) is 10.2 Å². The highest BCUT2D eigenvalue weighted by molar-refractivity contribution is 6.31. The van der Waals surface area contributed by atoms with Crippen LogP contribution in [0.4, 0.5) is 5.69 Å². The second kappa shape index (κ2) is 9.53. The molecular formula is C21H26ClN3O2. The van der Waals surface area contributed by atoms with Crippen LogP contribution in [0.25, 0.3) is 0 Å².